The Bertz CT molecular complexity index is 1360. The summed E-state index contributed by atoms with van der Waals surface area (Å²) in [5.74, 6) is -2.25. The fourth-order valence-corrected chi connectivity index (χ4v) is 6.10. The van der Waals surface area contributed by atoms with Gasteiger partial charge in [-0.05, 0) is 49.1 Å². The van der Waals surface area contributed by atoms with Crippen molar-refractivity contribution in [3.8, 4) is 11.5 Å². The lowest BCUT2D eigenvalue weighted by atomic mass is 9.76. The molecule has 2 fully saturated rings. The lowest BCUT2D eigenvalue weighted by Gasteiger charge is -2.29. The molecule has 0 radical (unpaired) electrons. The van der Waals surface area contributed by atoms with Crippen molar-refractivity contribution in [2.45, 2.75) is 44.8 Å². The Labute approximate surface area is 207 Å². The first kappa shape index (κ1) is 22.5. The van der Waals surface area contributed by atoms with E-state index in [1.165, 1.54) is 4.90 Å². The summed E-state index contributed by atoms with van der Waals surface area (Å²) in [6.45, 7) is 4.03. The van der Waals surface area contributed by atoms with E-state index >= 15 is 0 Å². The topological polar surface area (TPSA) is 140 Å². The Balaban J connectivity index is 1.41. The number of hydrogen-bond acceptors (Lipinski definition) is 7. The normalized spacial score (nSPS) is 27.6. The van der Waals surface area contributed by atoms with Gasteiger partial charge in [0.15, 0.2) is 11.5 Å². The molecule has 1 spiro atoms. The molecule has 10 nitrogen and oxygen atoms in total. The summed E-state index contributed by atoms with van der Waals surface area (Å²) in [5.41, 5.74) is 7.93. The Morgan fingerprint density at radius 3 is 2.67 bits per heavy atom. The Kier molecular flexibility index (Phi) is 4.88. The van der Waals surface area contributed by atoms with Crippen molar-refractivity contribution in [3.05, 3.63) is 52.6 Å². The molecule has 2 aromatic rings. The average Bonchev–Trinajstić information content (AvgIpc) is 3.57. The molecule has 4 amide bonds. The number of nitrogens with one attached hydrogen (secondary N) is 2. The SMILES string of the molecule is Cc1ccc2c(c1C)NC(=O)[C@]21N[C@H](CCC(N)=O)[C@H]2C(=O)N(Cc3ccc4c(c3)OCO4)C(=O)[C@H]21. The van der Waals surface area contributed by atoms with Crippen LogP contribution < -0.4 is 25.8 Å². The number of ether oxygens (including phenoxy) is 2. The molecule has 2 aromatic carbocycles. The van der Waals surface area contributed by atoms with Gasteiger partial charge in [0.05, 0.1) is 18.4 Å². The molecule has 2 saturated heterocycles. The third-order valence-corrected chi connectivity index (χ3v) is 7.99. The van der Waals surface area contributed by atoms with E-state index in [4.69, 9.17) is 15.2 Å². The largest absolute Gasteiger partial charge is 0.454 e. The number of imide groups is 1. The molecule has 0 unspecified atom stereocenters. The van der Waals surface area contributed by atoms with E-state index < -0.39 is 35.2 Å². The molecule has 4 N–H and O–H groups in total. The van der Waals surface area contributed by atoms with Gasteiger partial charge in [0, 0.05) is 23.7 Å². The quantitative estimate of drug-likeness (QED) is 0.536. The Morgan fingerprint density at radius 1 is 1.11 bits per heavy atom. The number of carbonyl (C=O) groups excluding carboxylic acids is 4. The highest BCUT2D eigenvalue weighted by molar-refractivity contribution is 6.15. The number of nitrogens with zero attached hydrogens (tertiary/aromatic N) is 1. The molecular weight excluding hydrogens is 464 g/mol. The van der Waals surface area contributed by atoms with Crippen molar-refractivity contribution in [1.82, 2.24) is 10.2 Å². The third-order valence-electron chi connectivity index (χ3n) is 7.99. The minimum atomic E-state index is -1.41. The zero-order valence-electron chi connectivity index (χ0n) is 19.9. The number of rotatable bonds is 5. The van der Waals surface area contributed by atoms with Crippen molar-refractivity contribution in [2.75, 3.05) is 12.1 Å². The second kappa shape index (κ2) is 7.79. The third kappa shape index (κ3) is 3.00. The zero-order chi connectivity index (χ0) is 25.4. The molecule has 0 bridgehead atoms. The summed E-state index contributed by atoms with van der Waals surface area (Å²) in [4.78, 5) is 54.1. The maximum atomic E-state index is 13.9. The van der Waals surface area contributed by atoms with Gasteiger partial charge < -0.3 is 20.5 Å². The van der Waals surface area contributed by atoms with Crippen LogP contribution in [0.3, 0.4) is 0 Å². The molecule has 4 aliphatic rings. The number of anilines is 1. The number of carbonyl (C=O) groups is 4. The van der Waals surface area contributed by atoms with Crippen LogP contribution in [-0.4, -0.2) is 41.4 Å². The first-order valence-corrected chi connectivity index (χ1v) is 11.9. The van der Waals surface area contributed by atoms with E-state index in [0.29, 0.717) is 28.3 Å². The first-order chi connectivity index (χ1) is 17.2. The smallest absolute Gasteiger partial charge is 0.250 e. The van der Waals surface area contributed by atoms with Crippen LogP contribution in [0, 0.1) is 25.7 Å². The fraction of sp³-hybridized carbons (Fsp3) is 0.385. The second-order valence-electron chi connectivity index (χ2n) is 9.90. The molecule has 0 saturated carbocycles. The van der Waals surface area contributed by atoms with Crippen molar-refractivity contribution in [1.29, 1.82) is 0 Å². The number of aryl methyl sites for hydroxylation is 1. The number of likely N-dealkylation sites (tertiary alicyclic amines) is 1. The molecule has 0 aromatic heterocycles. The van der Waals surface area contributed by atoms with Gasteiger partial charge in [-0.3, -0.25) is 29.4 Å². The van der Waals surface area contributed by atoms with Crippen LogP contribution in [0.1, 0.15) is 35.1 Å². The molecule has 10 heteroatoms. The summed E-state index contributed by atoms with van der Waals surface area (Å²) in [6, 6.07) is 8.46. The number of hydrogen-bond donors (Lipinski definition) is 3. The molecule has 0 aliphatic carbocycles. The van der Waals surface area contributed by atoms with E-state index in [2.05, 4.69) is 10.6 Å². The predicted octanol–water partition coefficient (Wildman–Crippen LogP) is 1.22. The van der Waals surface area contributed by atoms with Gasteiger partial charge in [-0.15, -0.1) is 0 Å². The fourth-order valence-electron chi connectivity index (χ4n) is 6.10. The van der Waals surface area contributed by atoms with Crippen LogP contribution in [0.25, 0.3) is 0 Å². The van der Waals surface area contributed by atoms with Gasteiger partial charge in [0.2, 0.25) is 30.4 Å². The summed E-state index contributed by atoms with van der Waals surface area (Å²) < 4.78 is 10.8. The van der Waals surface area contributed by atoms with Gasteiger partial charge in [-0.1, -0.05) is 18.2 Å². The van der Waals surface area contributed by atoms with Crippen LogP contribution in [-0.2, 0) is 31.3 Å². The standard InChI is InChI=1S/C26H26N4O6/c1-12-3-5-15-22(13(12)2)28-25(34)26(15)21-20(16(29-26)6-8-19(27)31)23(32)30(24(21)33)10-14-4-7-17-18(9-14)36-11-35-17/h3-5,7,9,16,20-21,29H,6,8,10-11H2,1-2H3,(H2,27,31)(H,28,34)/t16-,20-,21+,26+/m1/s1. The Morgan fingerprint density at radius 2 is 1.89 bits per heavy atom. The van der Waals surface area contributed by atoms with Crippen LogP contribution in [0.2, 0.25) is 0 Å². The van der Waals surface area contributed by atoms with E-state index in [9.17, 15) is 19.2 Å². The van der Waals surface area contributed by atoms with Gasteiger partial charge in [0.25, 0.3) is 0 Å². The summed E-state index contributed by atoms with van der Waals surface area (Å²) in [5, 5.41) is 6.29. The average molecular weight is 491 g/mol. The van der Waals surface area contributed by atoms with Crippen molar-refractivity contribution in [2.24, 2.45) is 17.6 Å². The van der Waals surface area contributed by atoms with E-state index in [1.807, 2.05) is 26.0 Å². The highest BCUT2D eigenvalue weighted by Crippen LogP contribution is 2.54. The van der Waals surface area contributed by atoms with E-state index in [1.54, 1.807) is 18.2 Å². The lowest BCUT2D eigenvalue weighted by Crippen LogP contribution is -2.53. The maximum Gasteiger partial charge on any atom is 0.250 e. The minimum absolute atomic E-state index is 0.0298. The highest BCUT2D eigenvalue weighted by atomic mass is 16.7. The molecule has 4 heterocycles. The maximum absolute atomic E-state index is 13.9. The predicted molar refractivity (Wildman–Crippen MR) is 127 cm³/mol. The summed E-state index contributed by atoms with van der Waals surface area (Å²) >= 11 is 0. The molecule has 6 rings (SSSR count). The molecular formula is C26H26N4O6. The van der Waals surface area contributed by atoms with Gasteiger partial charge in [-0.2, -0.15) is 0 Å². The van der Waals surface area contributed by atoms with Crippen molar-refractivity contribution in [3.63, 3.8) is 0 Å². The zero-order valence-corrected chi connectivity index (χ0v) is 19.9. The highest BCUT2D eigenvalue weighted by Gasteiger charge is 2.70. The lowest BCUT2D eigenvalue weighted by molar-refractivity contribution is -0.143. The number of primary amides is 1. The number of fused-ring (bicyclic) bond motifs is 5. The second-order valence-corrected chi connectivity index (χ2v) is 9.90. The van der Waals surface area contributed by atoms with E-state index in [-0.39, 0.29) is 38.0 Å². The Hall–Kier alpha value is -3.92. The number of benzene rings is 2. The van der Waals surface area contributed by atoms with Crippen molar-refractivity contribution < 1.29 is 28.7 Å². The van der Waals surface area contributed by atoms with Crippen LogP contribution in [0.5, 0.6) is 11.5 Å². The van der Waals surface area contributed by atoms with Crippen LogP contribution in [0.4, 0.5) is 5.69 Å². The molecule has 4 aliphatic heterocycles. The van der Waals surface area contributed by atoms with E-state index in [0.717, 1.165) is 11.1 Å². The van der Waals surface area contributed by atoms with Crippen LogP contribution >= 0.6 is 0 Å². The number of nitrogens with two attached hydrogens (primary N) is 1. The van der Waals surface area contributed by atoms with Gasteiger partial charge in [-0.25, -0.2) is 0 Å². The molecule has 36 heavy (non-hydrogen) atoms. The summed E-state index contributed by atoms with van der Waals surface area (Å²) in [7, 11) is 0. The number of amides is 4. The molecule has 4 atom stereocenters. The van der Waals surface area contributed by atoms with Crippen LogP contribution in [0.15, 0.2) is 30.3 Å². The monoisotopic (exact) mass is 490 g/mol. The molecule has 186 valence electrons. The van der Waals surface area contributed by atoms with Crippen molar-refractivity contribution >= 4 is 29.3 Å². The minimum Gasteiger partial charge on any atom is -0.454 e. The first-order valence-electron chi connectivity index (χ1n) is 11.9. The summed E-state index contributed by atoms with van der Waals surface area (Å²) in [6.07, 6.45) is 0.268. The van der Waals surface area contributed by atoms with Gasteiger partial charge >= 0.3 is 0 Å². The van der Waals surface area contributed by atoms with Gasteiger partial charge in [0.1, 0.15) is 5.54 Å².